The third-order valence-electron chi connectivity index (χ3n) is 4.24. The van der Waals surface area contributed by atoms with Gasteiger partial charge >= 0.3 is 0 Å². The van der Waals surface area contributed by atoms with Crippen LogP contribution in [0.15, 0.2) is 54.6 Å². The quantitative estimate of drug-likeness (QED) is 0.502. The standard InChI is InChI=1S/C19H13F2N/c20-17-9-12(10-18(21)19(17)22)14-6-3-7-15-13-5-2-1-4-11(13)8-16(14)15/h1-7,9-10H,8,22H2. The fraction of sp³-hybridized carbons (Fsp3) is 0.0526. The average Bonchev–Trinajstić information content (AvgIpc) is 2.90. The Bertz CT molecular complexity index is 877. The maximum atomic E-state index is 13.8. The van der Waals surface area contributed by atoms with E-state index < -0.39 is 17.3 Å². The van der Waals surface area contributed by atoms with Gasteiger partial charge in [-0.3, -0.25) is 0 Å². The Labute approximate surface area is 127 Å². The third-order valence-corrected chi connectivity index (χ3v) is 4.24. The molecule has 0 radical (unpaired) electrons. The molecule has 1 aliphatic carbocycles. The predicted octanol–water partition coefficient (Wildman–Crippen LogP) is 4.79. The molecule has 2 N–H and O–H groups in total. The van der Waals surface area contributed by atoms with Gasteiger partial charge in [0, 0.05) is 0 Å². The summed E-state index contributed by atoms with van der Waals surface area (Å²) >= 11 is 0. The highest BCUT2D eigenvalue weighted by molar-refractivity contribution is 5.85. The van der Waals surface area contributed by atoms with Gasteiger partial charge in [0.05, 0.1) is 0 Å². The Morgan fingerprint density at radius 1 is 0.773 bits per heavy atom. The van der Waals surface area contributed by atoms with Crippen LogP contribution in [0.25, 0.3) is 22.3 Å². The van der Waals surface area contributed by atoms with Crippen LogP contribution in [0, 0.1) is 11.6 Å². The summed E-state index contributed by atoms with van der Waals surface area (Å²) in [6.07, 6.45) is 0.773. The molecule has 3 aromatic carbocycles. The highest BCUT2D eigenvalue weighted by Crippen LogP contribution is 2.41. The van der Waals surface area contributed by atoms with Crippen molar-refractivity contribution < 1.29 is 8.78 Å². The molecule has 0 aliphatic heterocycles. The van der Waals surface area contributed by atoms with Gasteiger partial charge in [0.25, 0.3) is 0 Å². The zero-order valence-corrected chi connectivity index (χ0v) is 11.7. The molecule has 22 heavy (non-hydrogen) atoms. The zero-order chi connectivity index (χ0) is 15.3. The van der Waals surface area contributed by atoms with Crippen LogP contribution in [0.2, 0.25) is 0 Å². The van der Waals surface area contributed by atoms with Gasteiger partial charge in [-0.25, -0.2) is 8.78 Å². The number of halogens is 2. The van der Waals surface area contributed by atoms with Gasteiger partial charge in [0.15, 0.2) is 0 Å². The second kappa shape index (κ2) is 4.67. The van der Waals surface area contributed by atoms with Gasteiger partial charge in [0.2, 0.25) is 0 Å². The summed E-state index contributed by atoms with van der Waals surface area (Å²) in [5.74, 6) is -1.44. The first-order valence-electron chi connectivity index (χ1n) is 7.10. The van der Waals surface area contributed by atoms with Crippen LogP contribution < -0.4 is 5.73 Å². The highest BCUT2D eigenvalue weighted by Gasteiger charge is 2.21. The molecule has 1 nitrogen and oxygen atoms in total. The maximum absolute atomic E-state index is 13.8. The summed E-state index contributed by atoms with van der Waals surface area (Å²) in [6, 6.07) is 16.6. The van der Waals surface area contributed by atoms with Crippen LogP contribution in [0.1, 0.15) is 11.1 Å². The van der Waals surface area contributed by atoms with Crippen molar-refractivity contribution in [2.75, 3.05) is 5.73 Å². The fourth-order valence-electron chi connectivity index (χ4n) is 3.17. The average molecular weight is 293 g/mol. The Kier molecular flexibility index (Phi) is 2.76. The summed E-state index contributed by atoms with van der Waals surface area (Å²) in [4.78, 5) is 0. The SMILES string of the molecule is Nc1c(F)cc(-c2cccc3c2Cc2ccccc2-3)cc1F. The molecule has 108 valence electrons. The first kappa shape index (κ1) is 13.0. The van der Waals surface area contributed by atoms with Gasteiger partial charge in [0.1, 0.15) is 17.3 Å². The fourth-order valence-corrected chi connectivity index (χ4v) is 3.17. The van der Waals surface area contributed by atoms with Gasteiger partial charge in [-0.2, -0.15) is 0 Å². The summed E-state index contributed by atoms with van der Waals surface area (Å²) in [5.41, 5.74) is 11.0. The summed E-state index contributed by atoms with van der Waals surface area (Å²) in [5, 5.41) is 0. The normalized spacial score (nSPS) is 12.1. The number of hydrogen-bond acceptors (Lipinski definition) is 1. The Balaban J connectivity index is 1.93. The van der Waals surface area contributed by atoms with Crippen molar-refractivity contribution in [2.24, 2.45) is 0 Å². The Hall–Kier alpha value is -2.68. The molecule has 0 unspecified atom stereocenters. The topological polar surface area (TPSA) is 26.0 Å². The van der Waals surface area contributed by atoms with Crippen molar-refractivity contribution in [3.63, 3.8) is 0 Å². The number of rotatable bonds is 1. The van der Waals surface area contributed by atoms with E-state index >= 15 is 0 Å². The second-order valence-corrected chi connectivity index (χ2v) is 5.52. The van der Waals surface area contributed by atoms with E-state index in [0.717, 1.165) is 23.1 Å². The van der Waals surface area contributed by atoms with Crippen molar-refractivity contribution in [1.29, 1.82) is 0 Å². The lowest BCUT2D eigenvalue weighted by Crippen LogP contribution is -1.97. The molecule has 0 atom stereocenters. The molecule has 0 bridgehead atoms. The van der Waals surface area contributed by atoms with E-state index in [-0.39, 0.29) is 0 Å². The number of anilines is 1. The lowest BCUT2D eigenvalue weighted by Gasteiger charge is -2.10. The van der Waals surface area contributed by atoms with Gasteiger partial charge in [-0.1, -0.05) is 42.5 Å². The van der Waals surface area contributed by atoms with Crippen LogP contribution in [0.4, 0.5) is 14.5 Å². The summed E-state index contributed by atoms with van der Waals surface area (Å²) in [7, 11) is 0. The first-order valence-corrected chi connectivity index (χ1v) is 7.10. The summed E-state index contributed by atoms with van der Waals surface area (Å²) < 4.78 is 27.6. The molecule has 0 aromatic heterocycles. The van der Waals surface area contributed by atoms with E-state index in [4.69, 9.17) is 5.73 Å². The number of hydrogen-bond donors (Lipinski definition) is 1. The Morgan fingerprint density at radius 2 is 1.41 bits per heavy atom. The van der Waals surface area contributed by atoms with Gasteiger partial charge in [-0.05, 0) is 51.9 Å². The van der Waals surface area contributed by atoms with Crippen LogP contribution >= 0.6 is 0 Å². The van der Waals surface area contributed by atoms with Gasteiger partial charge < -0.3 is 5.73 Å². The van der Waals surface area contributed by atoms with Crippen LogP contribution in [0.5, 0.6) is 0 Å². The molecule has 0 amide bonds. The minimum Gasteiger partial charge on any atom is -0.394 e. The first-order chi connectivity index (χ1) is 10.6. The monoisotopic (exact) mass is 293 g/mol. The number of benzene rings is 3. The van der Waals surface area contributed by atoms with Crippen LogP contribution in [0.3, 0.4) is 0 Å². The Morgan fingerprint density at radius 3 is 2.18 bits per heavy atom. The molecule has 0 heterocycles. The predicted molar refractivity (Wildman–Crippen MR) is 84.4 cm³/mol. The highest BCUT2D eigenvalue weighted by atomic mass is 19.1. The van der Waals surface area contributed by atoms with E-state index in [2.05, 4.69) is 18.2 Å². The zero-order valence-electron chi connectivity index (χ0n) is 11.7. The molecular weight excluding hydrogens is 280 g/mol. The molecule has 0 saturated heterocycles. The molecule has 3 aromatic rings. The molecule has 1 aliphatic rings. The molecule has 4 rings (SSSR count). The van der Waals surface area contributed by atoms with Crippen molar-refractivity contribution in [2.45, 2.75) is 6.42 Å². The lowest BCUT2D eigenvalue weighted by molar-refractivity contribution is 0.592. The molecule has 0 spiro atoms. The smallest absolute Gasteiger partial charge is 0.149 e. The second-order valence-electron chi connectivity index (χ2n) is 5.52. The van der Waals surface area contributed by atoms with E-state index in [1.165, 1.54) is 23.3 Å². The van der Waals surface area contributed by atoms with E-state index in [9.17, 15) is 8.78 Å². The lowest BCUT2D eigenvalue weighted by atomic mass is 9.95. The van der Waals surface area contributed by atoms with Crippen molar-refractivity contribution in [3.8, 4) is 22.3 Å². The number of fused-ring (bicyclic) bond motifs is 3. The van der Waals surface area contributed by atoms with Crippen LogP contribution in [-0.4, -0.2) is 0 Å². The molecule has 3 heteroatoms. The van der Waals surface area contributed by atoms with Crippen molar-refractivity contribution in [3.05, 3.63) is 77.4 Å². The minimum atomic E-state index is -0.719. The van der Waals surface area contributed by atoms with E-state index in [1.807, 2.05) is 24.3 Å². The third kappa shape index (κ3) is 1.82. The molecule has 0 saturated carbocycles. The van der Waals surface area contributed by atoms with E-state index in [1.54, 1.807) is 0 Å². The number of nitrogen functional groups attached to an aromatic ring is 1. The summed E-state index contributed by atoms with van der Waals surface area (Å²) in [6.45, 7) is 0. The van der Waals surface area contributed by atoms with Crippen molar-refractivity contribution in [1.82, 2.24) is 0 Å². The van der Waals surface area contributed by atoms with E-state index in [0.29, 0.717) is 5.56 Å². The number of nitrogens with two attached hydrogens (primary N) is 1. The van der Waals surface area contributed by atoms with Crippen molar-refractivity contribution >= 4 is 5.69 Å². The minimum absolute atomic E-state index is 0.431. The maximum Gasteiger partial charge on any atom is 0.149 e. The molecule has 0 fully saturated rings. The largest absolute Gasteiger partial charge is 0.394 e. The van der Waals surface area contributed by atoms with Crippen LogP contribution in [-0.2, 0) is 6.42 Å². The van der Waals surface area contributed by atoms with Gasteiger partial charge in [-0.15, -0.1) is 0 Å². The molecular formula is C19H13F2N.